The molecule has 136 valence electrons. The van der Waals surface area contributed by atoms with E-state index in [1.807, 2.05) is 11.2 Å². The van der Waals surface area contributed by atoms with Crippen molar-refractivity contribution >= 4 is 29.5 Å². The minimum absolute atomic E-state index is 0.122. The predicted octanol–water partition coefficient (Wildman–Crippen LogP) is 0.972. The molecule has 8 nitrogen and oxygen atoms in total. The van der Waals surface area contributed by atoms with Gasteiger partial charge in [-0.3, -0.25) is 9.59 Å². The third-order valence-corrected chi connectivity index (χ3v) is 5.09. The predicted molar refractivity (Wildman–Crippen MR) is 93.1 cm³/mol. The molecule has 1 unspecified atom stereocenters. The van der Waals surface area contributed by atoms with E-state index in [0.29, 0.717) is 62.4 Å². The van der Waals surface area contributed by atoms with Gasteiger partial charge in [-0.1, -0.05) is 11.8 Å². The van der Waals surface area contributed by atoms with Gasteiger partial charge in [0.1, 0.15) is 11.4 Å². The number of rotatable bonds is 4. The molecule has 3 rings (SSSR count). The fourth-order valence-electron chi connectivity index (χ4n) is 3.16. The maximum atomic E-state index is 12.9. The third-order valence-electron chi connectivity index (χ3n) is 4.53. The van der Waals surface area contributed by atoms with E-state index < -0.39 is 11.9 Å². The Morgan fingerprint density at radius 2 is 2.08 bits per heavy atom. The quantitative estimate of drug-likeness (QED) is 0.622. The van der Waals surface area contributed by atoms with Crippen LogP contribution < -0.4 is 4.90 Å². The maximum absolute atomic E-state index is 12.9. The van der Waals surface area contributed by atoms with Gasteiger partial charge in [0.2, 0.25) is 0 Å². The number of ether oxygens (including phenoxy) is 1. The molecule has 0 aromatic carbocycles. The summed E-state index contributed by atoms with van der Waals surface area (Å²) in [6.07, 6.45) is 4.86. The molecule has 1 aromatic rings. The number of piperidine rings is 1. The topological polar surface area (TPSA) is 95.9 Å². The Morgan fingerprint density at radius 3 is 2.76 bits per heavy atom. The smallest absolute Gasteiger partial charge is 0.308 e. The molecule has 1 N–H and O–H groups in total. The first kappa shape index (κ1) is 17.9. The highest BCUT2D eigenvalue weighted by molar-refractivity contribution is 7.98. The molecule has 0 radical (unpaired) electrons. The molecular weight excluding hydrogens is 344 g/mol. The molecule has 0 saturated carbocycles. The van der Waals surface area contributed by atoms with Crippen molar-refractivity contribution in [3.05, 3.63) is 11.8 Å². The van der Waals surface area contributed by atoms with E-state index in [2.05, 4.69) is 9.97 Å². The van der Waals surface area contributed by atoms with Gasteiger partial charge in [0.05, 0.1) is 19.1 Å². The van der Waals surface area contributed by atoms with E-state index >= 15 is 0 Å². The van der Waals surface area contributed by atoms with Crippen molar-refractivity contribution in [2.45, 2.75) is 18.0 Å². The van der Waals surface area contributed by atoms with Gasteiger partial charge >= 0.3 is 5.97 Å². The van der Waals surface area contributed by atoms with Crippen LogP contribution in [0.5, 0.6) is 0 Å². The van der Waals surface area contributed by atoms with E-state index in [9.17, 15) is 14.7 Å². The Hall–Kier alpha value is -1.87. The van der Waals surface area contributed by atoms with Crippen LogP contribution in [0.3, 0.4) is 0 Å². The highest BCUT2D eigenvalue weighted by atomic mass is 32.2. The van der Waals surface area contributed by atoms with Crippen LogP contribution in [0.25, 0.3) is 0 Å². The number of thioether (sulfide) groups is 1. The number of nitrogens with zero attached hydrogens (tertiary/aromatic N) is 4. The van der Waals surface area contributed by atoms with E-state index in [4.69, 9.17) is 4.74 Å². The first-order valence-corrected chi connectivity index (χ1v) is 9.58. The minimum atomic E-state index is -0.801. The lowest BCUT2D eigenvalue weighted by Gasteiger charge is -2.34. The second-order valence-corrected chi connectivity index (χ2v) is 6.90. The molecule has 2 aliphatic rings. The van der Waals surface area contributed by atoms with Crippen LogP contribution in [0.1, 0.15) is 23.2 Å². The number of aliphatic carboxylic acids is 1. The molecule has 2 fully saturated rings. The van der Waals surface area contributed by atoms with Gasteiger partial charge in [-0.2, -0.15) is 0 Å². The number of carbonyl (C=O) groups excluding carboxylic acids is 1. The van der Waals surface area contributed by atoms with Crippen LogP contribution in [0.2, 0.25) is 0 Å². The molecular formula is C16H22N4O4S. The number of morpholine rings is 1. The molecule has 1 atom stereocenters. The highest BCUT2D eigenvalue weighted by Crippen LogP contribution is 2.27. The molecule has 1 amide bonds. The van der Waals surface area contributed by atoms with Gasteiger partial charge in [0, 0.05) is 32.4 Å². The van der Waals surface area contributed by atoms with Gasteiger partial charge in [-0.15, -0.1) is 0 Å². The molecule has 1 aromatic heterocycles. The third kappa shape index (κ3) is 4.04. The average Bonchev–Trinajstić information content (AvgIpc) is 2.67. The lowest BCUT2D eigenvalue weighted by molar-refractivity contribution is -0.141. The second-order valence-electron chi connectivity index (χ2n) is 6.12. The number of amides is 1. The van der Waals surface area contributed by atoms with E-state index in [1.165, 1.54) is 11.8 Å². The summed E-state index contributed by atoms with van der Waals surface area (Å²) < 4.78 is 5.31. The van der Waals surface area contributed by atoms with Crippen LogP contribution in [0, 0.1) is 5.92 Å². The lowest BCUT2D eigenvalue weighted by atomic mass is 9.98. The van der Waals surface area contributed by atoms with Crippen molar-refractivity contribution in [3.8, 4) is 0 Å². The van der Waals surface area contributed by atoms with Crippen molar-refractivity contribution in [2.24, 2.45) is 5.92 Å². The number of carboxylic acid groups (broad SMARTS) is 1. The van der Waals surface area contributed by atoms with Crippen LogP contribution in [-0.2, 0) is 9.53 Å². The molecule has 25 heavy (non-hydrogen) atoms. The number of hydrogen-bond donors (Lipinski definition) is 1. The number of aromatic nitrogens is 2. The molecule has 0 spiro atoms. The average molecular weight is 366 g/mol. The monoisotopic (exact) mass is 366 g/mol. The summed E-state index contributed by atoms with van der Waals surface area (Å²) in [5, 5.41) is 9.91. The Balaban J connectivity index is 1.90. The lowest BCUT2D eigenvalue weighted by Crippen LogP contribution is -2.43. The molecule has 9 heteroatoms. The van der Waals surface area contributed by atoms with Crippen LogP contribution >= 0.6 is 11.8 Å². The summed E-state index contributed by atoms with van der Waals surface area (Å²) >= 11 is 1.40. The minimum Gasteiger partial charge on any atom is -0.481 e. The number of anilines is 1. The Morgan fingerprint density at radius 1 is 1.32 bits per heavy atom. The van der Waals surface area contributed by atoms with E-state index in [-0.39, 0.29) is 5.91 Å². The Kier molecular flexibility index (Phi) is 5.74. The second kappa shape index (κ2) is 8.01. The first-order chi connectivity index (χ1) is 12.1. The zero-order chi connectivity index (χ0) is 17.8. The van der Waals surface area contributed by atoms with Crippen molar-refractivity contribution in [3.63, 3.8) is 0 Å². The van der Waals surface area contributed by atoms with Crippen molar-refractivity contribution in [2.75, 3.05) is 50.5 Å². The summed E-state index contributed by atoms with van der Waals surface area (Å²) in [5.74, 6) is -0.817. The highest BCUT2D eigenvalue weighted by Gasteiger charge is 2.30. The van der Waals surface area contributed by atoms with Gasteiger partial charge in [0.25, 0.3) is 5.91 Å². The van der Waals surface area contributed by atoms with E-state index in [1.54, 1.807) is 11.1 Å². The molecule has 2 aliphatic heterocycles. The van der Waals surface area contributed by atoms with Crippen LogP contribution in [0.15, 0.2) is 11.4 Å². The van der Waals surface area contributed by atoms with Crippen LogP contribution in [-0.4, -0.2) is 77.5 Å². The van der Waals surface area contributed by atoms with Crippen molar-refractivity contribution in [1.82, 2.24) is 14.9 Å². The number of carbonyl (C=O) groups is 2. The van der Waals surface area contributed by atoms with Gasteiger partial charge < -0.3 is 19.6 Å². The first-order valence-electron chi connectivity index (χ1n) is 8.36. The number of hydrogen-bond acceptors (Lipinski definition) is 7. The fourth-order valence-corrected chi connectivity index (χ4v) is 3.49. The molecule has 3 heterocycles. The van der Waals surface area contributed by atoms with E-state index in [0.717, 1.165) is 6.42 Å². The van der Waals surface area contributed by atoms with Crippen LogP contribution in [0.4, 0.5) is 5.82 Å². The standard InChI is InChI=1S/C16H22N4O4S/c1-25-16-17-9-12(14(21)19-5-7-24-8-6-19)13(18-16)20-4-2-3-11(10-20)15(22)23/h9,11H,2-8,10H2,1H3,(H,22,23). The fraction of sp³-hybridized carbons (Fsp3) is 0.625. The van der Waals surface area contributed by atoms with Gasteiger partial charge in [0.15, 0.2) is 5.16 Å². The summed E-state index contributed by atoms with van der Waals surface area (Å²) in [5.41, 5.74) is 0.436. The Labute approximate surface area is 150 Å². The SMILES string of the molecule is CSc1ncc(C(=O)N2CCOCC2)c(N2CCCC(C(=O)O)C2)n1. The zero-order valence-corrected chi connectivity index (χ0v) is 15.0. The molecule has 0 aliphatic carbocycles. The maximum Gasteiger partial charge on any atom is 0.308 e. The van der Waals surface area contributed by atoms with Crippen molar-refractivity contribution < 1.29 is 19.4 Å². The van der Waals surface area contributed by atoms with Gasteiger partial charge in [-0.25, -0.2) is 9.97 Å². The normalized spacial score (nSPS) is 21.2. The zero-order valence-electron chi connectivity index (χ0n) is 14.2. The summed E-state index contributed by atoms with van der Waals surface area (Å²) in [7, 11) is 0. The molecule has 2 saturated heterocycles. The van der Waals surface area contributed by atoms with Gasteiger partial charge in [-0.05, 0) is 19.1 Å². The van der Waals surface area contributed by atoms with Crippen molar-refractivity contribution in [1.29, 1.82) is 0 Å². The summed E-state index contributed by atoms with van der Waals surface area (Å²) in [6, 6.07) is 0. The largest absolute Gasteiger partial charge is 0.481 e. The summed E-state index contributed by atoms with van der Waals surface area (Å²) in [6.45, 7) is 3.19. The number of carboxylic acids is 1. The molecule has 0 bridgehead atoms. The summed E-state index contributed by atoms with van der Waals surface area (Å²) in [4.78, 5) is 36.7. The Bertz CT molecular complexity index is 651.